The number of hydrogen-bond donors (Lipinski definition) is 2. The van der Waals surface area contributed by atoms with Gasteiger partial charge in [-0.1, -0.05) is 12.5 Å². The first-order valence-corrected chi connectivity index (χ1v) is 11.6. The number of nitrogens with zero attached hydrogens (tertiary/aromatic N) is 5. The molecule has 0 spiro atoms. The molecule has 3 N–H and O–H groups in total. The Labute approximate surface area is 205 Å². The predicted molar refractivity (Wildman–Crippen MR) is 129 cm³/mol. The zero-order valence-electron chi connectivity index (χ0n) is 19.9. The number of primary amides is 1. The molecule has 1 aliphatic carbocycles. The Kier molecular flexibility index (Phi) is 5.74. The second-order valence-corrected chi connectivity index (χ2v) is 9.11. The molecule has 3 aromatic rings. The van der Waals surface area contributed by atoms with Crippen molar-refractivity contribution in [2.45, 2.75) is 44.3 Å². The maximum Gasteiger partial charge on any atom is 0.255 e. The average molecular weight is 494 g/mol. The zero-order chi connectivity index (χ0) is 25.7. The van der Waals surface area contributed by atoms with Crippen LogP contribution in [0.5, 0.6) is 0 Å². The Balaban J connectivity index is 1.56. The van der Waals surface area contributed by atoms with Gasteiger partial charge in [0.15, 0.2) is 11.5 Å². The summed E-state index contributed by atoms with van der Waals surface area (Å²) in [7, 11) is 1.60. The lowest BCUT2D eigenvalue weighted by molar-refractivity contribution is -0.126. The molecule has 2 fully saturated rings. The number of amides is 2. The maximum absolute atomic E-state index is 15.2. The number of halogens is 2. The summed E-state index contributed by atoms with van der Waals surface area (Å²) in [6.45, 7) is 5.79. The van der Waals surface area contributed by atoms with Crippen molar-refractivity contribution in [1.82, 2.24) is 24.2 Å². The van der Waals surface area contributed by atoms with Crippen LogP contribution >= 0.6 is 0 Å². The van der Waals surface area contributed by atoms with Crippen molar-refractivity contribution in [2.24, 2.45) is 5.73 Å². The highest BCUT2D eigenvalue weighted by atomic mass is 19.1. The minimum atomic E-state index is -0.867. The third kappa shape index (κ3) is 3.79. The first-order chi connectivity index (χ1) is 17.2. The van der Waals surface area contributed by atoms with Gasteiger partial charge in [-0.15, -0.1) is 0 Å². The molecule has 186 valence electrons. The predicted octanol–water partition coefficient (Wildman–Crippen LogP) is 2.73. The first kappa shape index (κ1) is 23.5. The molecule has 1 aromatic carbocycles. The summed E-state index contributed by atoms with van der Waals surface area (Å²) in [6.07, 6.45) is 5.23. The third-order valence-electron chi connectivity index (χ3n) is 6.76. The number of fused-ring (bicyclic) bond motifs is 1. The summed E-state index contributed by atoms with van der Waals surface area (Å²) in [6, 6.07) is 1.09. The molecule has 2 amide bonds. The van der Waals surface area contributed by atoms with Crippen LogP contribution in [-0.2, 0) is 4.79 Å². The highest BCUT2D eigenvalue weighted by Gasteiger charge is 2.35. The monoisotopic (exact) mass is 493 g/mol. The quantitative estimate of drug-likeness (QED) is 0.420. The van der Waals surface area contributed by atoms with E-state index in [0.717, 1.165) is 12.8 Å². The number of imidazole rings is 1. The normalized spacial score (nSPS) is 19.3. The molecule has 1 saturated carbocycles. The highest BCUT2D eigenvalue weighted by Crippen LogP contribution is 2.38. The minimum Gasteiger partial charge on any atom is -0.373 e. The van der Waals surface area contributed by atoms with Crippen LogP contribution < -0.4 is 11.1 Å². The molecule has 0 radical (unpaired) electrons. The van der Waals surface area contributed by atoms with Gasteiger partial charge in [-0.3, -0.25) is 9.59 Å². The lowest BCUT2D eigenvalue weighted by Gasteiger charge is -2.19. The lowest BCUT2D eigenvalue weighted by Crippen LogP contribution is -2.32. The number of nitrogens with one attached hydrogen (secondary N) is 1. The SMILES string of the molecule is C=CC(=O)N1CC(n2nc(C#Cc3c(F)cc4c(ncn4C4CC4)c3F)c(C(N)=O)c2NC)C[C@@H]1C. The van der Waals surface area contributed by atoms with Gasteiger partial charge in [0.1, 0.15) is 22.7 Å². The fourth-order valence-electron chi connectivity index (χ4n) is 4.84. The lowest BCUT2D eigenvalue weighted by atomic mass is 10.1. The van der Waals surface area contributed by atoms with Gasteiger partial charge in [0.2, 0.25) is 5.91 Å². The third-order valence-corrected chi connectivity index (χ3v) is 6.76. The second-order valence-electron chi connectivity index (χ2n) is 9.11. The summed E-state index contributed by atoms with van der Waals surface area (Å²) in [4.78, 5) is 30.3. The van der Waals surface area contributed by atoms with E-state index in [-0.39, 0.29) is 40.8 Å². The van der Waals surface area contributed by atoms with Crippen LogP contribution in [0, 0.1) is 23.5 Å². The van der Waals surface area contributed by atoms with Crippen LogP contribution in [0.2, 0.25) is 0 Å². The van der Waals surface area contributed by atoms with E-state index in [9.17, 15) is 14.0 Å². The highest BCUT2D eigenvalue weighted by molar-refractivity contribution is 6.00. The van der Waals surface area contributed by atoms with Gasteiger partial charge < -0.3 is 20.5 Å². The molecule has 9 nitrogen and oxygen atoms in total. The van der Waals surface area contributed by atoms with Crippen LogP contribution in [-0.4, -0.2) is 55.7 Å². The summed E-state index contributed by atoms with van der Waals surface area (Å²) in [5.74, 6) is 2.77. The molecule has 11 heteroatoms. The van der Waals surface area contributed by atoms with E-state index in [4.69, 9.17) is 5.73 Å². The molecule has 3 heterocycles. The Morgan fingerprint density at radius 2 is 2.03 bits per heavy atom. The van der Waals surface area contributed by atoms with E-state index in [1.54, 1.807) is 21.2 Å². The molecule has 1 aliphatic heterocycles. The smallest absolute Gasteiger partial charge is 0.255 e. The van der Waals surface area contributed by atoms with Crippen molar-refractivity contribution in [3.8, 4) is 11.8 Å². The molecule has 1 unspecified atom stereocenters. The van der Waals surface area contributed by atoms with E-state index < -0.39 is 23.1 Å². The van der Waals surface area contributed by atoms with Crippen molar-refractivity contribution in [3.63, 3.8) is 0 Å². The van der Waals surface area contributed by atoms with Crippen LogP contribution in [0.15, 0.2) is 25.0 Å². The van der Waals surface area contributed by atoms with Crippen LogP contribution in [0.3, 0.4) is 0 Å². The number of carbonyl (C=O) groups excluding carboxylic acids is 2. The van der Waals surface area contributed by atoms with Crippen LogP contribution in [0.4, 0.5) is 14.6 Å². The van der Waals surface area contributed by atoms with Gasteiger partial charge in [-0.05, 0) is 38.2 Å². The van der Waals surface area contributed by atoms with E-state index >= 15 is 4.39 Å². The van der Waals surface area contributed by atoms with Crippen LogP contribution in [0.1, 0.15) is 59.9 Å². The van der Waals surface area contributed by atoms with Crippen molar-refractivity contribution in [3.05, 3.63) is 53.5 Å². The van der Waals surface area contributed by atoms with E-state index in [1.807, 2.05) is 6.92 Å². The number of rotatable bonds is 5. The van der Waals surface area contributed by atoms with E-state index in [1.165, 1.54) is 18.5 Å². The zero-order valence-corrected chi connectivity index (χ0v) is 19.9. The molecule has 1 saturated heterocycles. The van der Waals surface area contributed by atoms with Gasteiger partial charge in [0, 0.05) is 31.7 Å². The molecule has 2 atom stereocenters. The fraction of sp³-hybridized carbons (Fsp3) is 0.360. The van der Waals surface area contributed by atoms with Gasteiger partial charge in [-0.2, -0.15) is 5.10 Å². The van der Waals surface area contributed by atoms with Crippen molar-refractivity contribution >= 4 is 28.7 Å². The van der Waals surface area contributed by atoms with E-state index in [0.29, 0.717) is 24.3 Å². The molecule has 36 heavy (non-hydrogen) atoms. The summed E-state index contributed by atoms with van der Waals surface area (Å²) in [5.41, 5.74) is 5.57. The number of likely N-dealkylation sites (tertiary alicyclic amines) is 1. The summed E-state index contributed by atoms with van der Waals surface area (Å²) >= 11 is 0. The number of anilines is 1. The topological polar surface area (TPSA) is 111 Å². The largest absolute Gasteiger partial charge is 0.373 e. The van der Waals surface area contributed by atoms with Gasteiger partial charge in [-0.25, -0.2) is 18.4 Å². The van der Waals surface area contributed by atoms with Crippen LogP contribution in [0.25, 0.3) is 11.0 Å². The molecule has 2 aliphatic rings. The van der Waals surface area contributed by atoms with E-state index in [2.05, 4.69) is 33.8 Å². The molecule has 0 bridgehead atoms. The number of aromatic nitrogens is 4. The Morgan fingerprint density at radius 3 is 2.67 bits per heavy atom. The summed E-state index contributed by atoms with van der Waals surface area (Å²) in [5, 5.41) is 7.39. The number of carbonyl (C=O) groups is 2. The first-order valence-electron chi connectivity index (χ1n) is 11.6. The fourth-order valence-corrected chi connectivity index (χ4v) is 4.84. The Morgan fingerprint density at radius 1 is 1.28 bits per heavy atom. The maximum atomic E-state index is 15.2. The average Bonchev–Trinajstić information content (AvgIpc) is 3.31. The second kappa shape index (κ2) is 8.78. The molecule has 5 rings (SSSR count). The van der Waals surface area contributed by atoms with Crippen molar-refractivity contribution < 1.29 is 18.4 Å². The van der Waals surface area contributed by atoms with Gasteiger partial charge in [0.25, 0.3) is 5.91 Å². The van der Waals surface area contributed by atoms with Crippen molar-refractivity contribution in [1.29, 1.82) is 0 Å². The minimum absolute atomic E-state index is 0.00561. The number of hydrogen-bond acceptors (Lipinski definition) is 5. The van der Waals surface area contributed by atoms with Crippen molar-refractivity contribution in [2.75, 3.05) is 18.9 Å². The summed E-state index contributed by atoms with van der Waals surface area (Å²) < 4.78 is 33.4. The van der Waals surface area contributed by atoms with Gasteiger partial charge >= 0.3 is 0 Å². The molecular formula is C25H25F2N7O2. The molecular weight excluding hydrogens is 468 g/mol. The Hall–Kier alpha value is -4.20. The molecule has 2 aromatic heterocycles. The Bertz CT molecular complexity index is 1480. The standard InChI is InChI=1S/C25H25F2N7O2/c1-4-20(35)32-11-15(9-13(32)2)34-25(29-3)21(24(28)36)18(31-34)8-7-16-17(26)10-19-23(22(16)27)30-12-33(19)14-5-6-14/h4,10,12-15,29H,1,5-6,9,11H2,2-3H3,(H2,28,36)/t13-,15?/m0/s1. The number of nitrogens with two attached hydrogens (primary N) is 1. The number of benzene rings is 1. The van der Waals surface area contributed by atoms with Gasteiger partial charge in [0.05, 0.1) is 23.4 Å².